The summed E-state index contributed by atoms with van der Waals surface area (Å²) in [6.07, 6.45) is 22.0. The van der Waals surface area contributed by atoms with E-state index in [1.54, 1.807) is 0 Å². The highest BCUT2D eigenvalue weighted by Crippen LogP contribution is 2.12. The lowest BCUT2D eigenvalue weighted by Crippen LogP contribution is -2.14. The maximum atomic E-state index is 11.9. The van der Waals surface area contributed by atoms with E-state index in [-0.39, 0.29) is 18.0 Å². The van der Waals surface area contributed by atoms with Crippen molar-refractivity contribution in [2.45, 2.75) is 155 Å². The first kappa shape index (κ1) is 29.9. The maximum Gasteiger partial charge on any atom is 0.306 e. The third-order valence-electron chi connectivity index (χ3n) is 5.82. The zero-order valence-corrected chi connectivity index (χ0v) is 21.1. The van der Waals surface area contributed by atoms with E-state index in [0.717, 1.165) is 25.7 Å². The number of ether oxygens (including phenoxy) is 2. The molecule has 184 valence electrons. The fraction of sp³-hybridized carbons (Fsp3) is 0.926. The van der Waals surface area contributed by atoms with E-state index < -0.39 is 0 Å². The minimum absolute atomic E-state index is 0.0000176. The molecule has 0 bridgehead atoms. The average Bonchev–Trinajstić information content (AvgIpc) is 2.75. The van der Waals surface area contributed by atoms with Crippen molar-refractivity contribution in [3.63, 3.8) is 0 Å². The SMILES string of the molecule is CCCCCCCCCCCOC(=O)CCCCC(=O)OC(C)CCCCCCCC. The largest absolute Gasteiger partial charge is 0.466 e. The van der Waals surface area contributed by atoms with Gasteiger partial charge in [-0.3, -0.25) is 9.59 Å². The Morgan fingerprint density at radius 2 is 1.03 bits per heavy atom. The first-order chi connectivity index (χ1) is 15.1. The van der Waals surface area contributed by atoms with E-state index in [1.807, 2.05) is 6.92 Å². The first-order valence-electron chi connectivity index (χ1n) is 13.4. The van der Waals surface area contributed by atoms with Crippen molar-refractivity contribution < 1.29 is 19.1 Å². The van der Waals surface area contributed by atoms with Crippen LogP contribution in [0.15, 0.2) is 0 Å². The molecule has 1 atom stereocenters. The third kappa shape index (κ3) is 23.4. The van der Waals surface area contributed by atoms with Crippen molar-refractivity contribution in [2.75, 3.05) is 6.61 Å². The van der Waals surface area contributed by atoms with Crippen molar-refractivity contribution in [1.29, 1.82) is 0 Å². The Labute approximate surface area is 193 Å². The van der Waals surface area contributed by atoms with Gasteiger partial charge in [-0.05, 0) is 39.0 Å². The van der Waals surface area contributed by atoms with Crippen LogP contribution in [0.25, 0.3) is 0 Å². The summed E-state index contributed by atoms with van der Waals surface area (Å²) in [4.78, 5) is 23.7. The summed E-state index contributed by atoms with van der Waals surface area (Å²) in [6, 6.07) is 0. The predicted molar refractivity (Wildman–Crippen MR) is 130 cm³/mol. The van der Waals surface area contributed by atoms with Crippen molar-refractivity contribution in [3.8, 4) is 0 Å². The molecular weight excluding hydrogens is 388 g/mol. The third-order valence-corrected chi connectivity index (χ3v) is 5.82. The topological polar surface area (TPSA) is 52.6 Å². The van der Waals surface area contributed by atoms with Gasteiger partial charge in [-0.2, -0.15) is 0 Å². The lowest BCUT2D eigenvalue weighted by Gasteiger charge is -2.13. The minimum Gasteiger partial charge on any atom is -0.466 e. The molecule has 0 amide bonds. The van der Waals surface area contributed by atoms with Gasteiger partial charge in [-0.15, -0.1) is 0 Å². The monoisotopic (exact) mass is 440 g/mol. The molecule has 0 aliphatic carbocycles. The zero-order valence-electron chi connectivity index (χ0n) is 21.1. The van der Waals surface area contributed by atoms with Crippen LogP contribution in [0, 0.1) is 0 Å². The molecule has 31 heavy (non-hydrogen) atoms. The molecule has 0 aliphatic rings. The second-order valence-corrected chi connectivity index (χ2v) is 9.11. The highest BCUT2D eigenvalue weighted by atomic mass is 16.5. The molecule has 0 aromatic heterocycles. The smallest absolute Gasteiger partial charge is 0.306 e. The first-order valence-corrected chi connectivity index (χ1v) is 13.4. The van der Waals surface area contributed by atoms with Gasteiger partial charge in [0.05, 0.1) is 12.7 Å². The van der Waals surface area contributed by atoms with Gasteiger partial charge in [-0.1, -0.05) is 97.3 Å². The van der Waals surface area contributed by atoms with Crippen LogP contribution in [-0.2, 0) is 19.1 Å². The minimum atomic E-state index is -0.137. The summed E-state index contributed by atoms with van der Waals surface area (Å²) in [5.74, 6) is -0.272. The van der Waals surface area contributed by atoms with E-state index in [4.69, 9.17) is 9.47 Å². The number of esters is 2. The number of hydrogen-bond donors (Lipinski definition) is 0. The van der Waals surface area contributed by atoms with Gasteiger partial charge >= 0.3 is 11.9 Å². The van der Waals surface area contributed by atoms with E-state index in [2.05, 4.69) is 13.8 Å². The average molecular weight is 441 g/mol. The van der Waals surface area contributed by atoms with Crippen LogP contribution in [0.2, 0.25) is 0 Å². The van der Waals surface area contributed by atoms with Crippen LogP contribution in [0.4, 0.5) is 0 Å². The molecular formula is C27H52O4. The Morgan fingerprint density at radius 3 is 1.58 bits per heavy atom. The van der Waals surface area contributed by atoms with Crippen LogP contribution in [0.1, 0.15) is 149 Å². The fourth-order valence-electron chi connectivity index (χ4n) is 3.76. The van der Waals surface area contributed by atoms with Crippen LogP contribution in [-0.4, -0.2) is 24.6 Å². The quantitative estimate of drug-likeness (QED) is 0.118. The lowest BCUT2D eigenvalue weighted by molar-refractivity contribution is -0.149. The summed E-state index contributed by atoms with van der Waals surface area (Å²) in [5, 5.41) is 0. The van der Waals surface area contributed by atoms with Crippen LogP contribution >= 0.6 is 0 Å². The second-order valence-electron chi connectivity index (χ2n) is 9.11. The Kier molecular flexibility index (Phi) is 22.8. The van der Waals surface area contributed by atoms with Gasteiger partial charge in [0.1, 0.15) is 0 Å². The maximum absolute atomic E-state index is 11.9. The number of carbonyl (C=O) groups is 2. The van der Waals surface area contributed by atoms with E-state index in [1.165, 1.54) is 77.0 Å². The molecule has 0 N–H and O–H groups in total. The van der Waals surface area contributed by atoms with E-state index >= 15 is 0 Å². The lowest BCUT2D eigenvalue weighted by atomic mass is 10.1. The molecule has 0 saturated carbocycles. The highest BCUT2D eigenvalue weighted by molar-refractivity contribution is 5.70. The fourth-order valence-corrected chi connectivity index (χ4v) is 3.76. The highest BCUT2D eigenvalue weighted by Gasteiger charge is 2.10. The number of carbonyl (C=O) groups excluding carboxylic acids is 2. The van der Waals surface area contributed by atoms with Crippen molar-refractivity contribution in [1.82, 2.24) is 0 Å². The van der Waals surface area contributed by atoms with Crippen LogP contribution < -0.4 is 0 Å². The summed E-state index contributed by atoms with van der Waals surface area (Å²) in [5.41, 5.74) is 0. The molecule has 0 aliphatic heterocycles. The molecule has 0 aromatic carbocycles. The Morgan fingerprint density at radius 1 is 0.581 bits per heavy atom. The summed E-state index contributed by atoms with van der Waals surface area (Å²) in [7, 11) is 0. The van der Waals surface area contributed by atoms with Crippen molar-refractivity contribution >= 4 is 11.9 Å². The molecule has 1 unspecified atom stereocenters. The summed E-state index contributed by atoms with van der Waals surface area (Å²) >= 11 is 0. The Hall–Kier alpha value is -1.06. The van der Waals surface area contributed by atoms with Crippen LogP contribution in [0.5, 0.6) is 0 Å². The molecule has 0 radical (unpaired) electrons. The predicted octanol–water partition coefficient (Wildman–Crippen LogP) is 8.30. The van der Waals surface area contributed by atoms with Crippen molar-refractivity contribution in [2.24, 2.45) is 0 Å². The standard InChI is InChI=1S/C27H52O4/c1-4-6-8-10-12-13-14-16-20-24-30-26(28)22-18-19-23-27(29)31-25(3)21-17-15-11-9-7-5-2/h25H,4-24H2,1-3H3. The number of hydrogen-bond acceptors (Lipinski definition) is 4. The normalized spacial score (nSPS) is 12.0. The molecule has 0 aromatic rings. The van der Waals surface area contributed by atoms with Gasteiger partial charge in [0.25, 0.3) is 0 Å². The van der Waals surface area contributed by atoms with Gasteiger partial charge < -0.3 is 9.47 Å². The Bertz CT molecular complexity index is 408. The summed E-state index contributed by atoms with van der Waals surface area (Å²) < 4.78 is 10.8. The van der Waals surface area contributed by atoms with Gasteiger partial charge in [-0.25, -0.2) is 0 Å². The summed E-state index contributed by atoms with van der Waals surface area (Å²) in [6.45, 7) is 6.98. The molecule has 0 rings (SSSR count). The van der Waals surface area contributed by atoms with E-state index in [9.17, 15) is 9.59 Å². The van der Waals surface area contributed by atoms with Crippen LogP contribution in [0.3, 0.4) is 0 Å². The molecule has 4 heteroatoms. The van der Waals surface area contributed by atoms with Gasteiger partial charge in [0.15, 0.2) is 0 Å². The van der Waals surface area contributed by atoms with E-state index in [0.29, 0.717) is 32.3 Å². The number of unbranched alkanes of at least 4 members (excludes halogenated alkanes) is 14. The Balaban J connectivity index is 3.42. The molecule has 4 nitrogen and oxygen atoms in total. The van der Waals surface area contributed by atoms with Crippen molar-refractivity contribution in [3.05, 3.63) is 0 Å². The van der Waals surface area contributed by atoms with Gasteiger partial charge in [0, 0.05) is 12.8 Å². The van der Waals surface area contributed by atoms with Gasteiger partial charge in [0.2, 0.25) is 0 Å². The second kappa shape index (κ2) is 23.6. The molecule has 0 heterocycles. The zero-order chi connectivity index (χ0) is 23.0. The number of rotatable bonds is 23. The molecule has 0 fully saturated rings. The molecule has 0 spiro atoms. The molecule has 0 saturated heterocycles.